The minimum absolute atomic E-state index is 0.291. The molecule has 3 N–H and O–H groups in total. The fraction of sp³-hybridized carbons (Fsp3) is 0.556. The van der Waals surface area contributed by atoms with Crippen molar-refractivity contribution in [1.82, 2.24) is 20.8 Å². The van der Waals surface area contributed by atoms with Crippen molar-refractivity contribution in [1.29, 1.82) is 0 Å². The first-order chi connectivity index (χ1) is 7.99. The van der Waals surface area contributed by atoms with Gasteiger partial charge in [0.2, 0.25) is 5.89 Å². The van der Waals surface area contributed by atoms with E-state index in [-0.39, 0.29) is 0 Å². The minimum Gasteiger partial charge on any atom is -0.480 e. The van der Waals surface area contributed by atoms with Crippen LogP contribution in [0.4, 0.5) is 4.79 Å². The Balaban J connectivity index is 2.22. The van der Waals surface area contributed by atoms with Crippen LogP contribution in [0.5, 0.6) is 0 Å². The molecule has 94 valence electrons. The molecule has 0 bridgehead atoms. The summed E-state index contributed by atoms with van der Waals surface area (Å²) in [6.45, 7) is 3.37. The standard InChI is InChI=1S/C9H14N4O4/c1-5(8(14)15)11-9(16)10-4-3-7-12-6(2)13-17-7/h5H,3-4H2,1-2H3,(H,14,15)(H2,10,11,16). The highest BCUT2D eigenvalue weighted by molar-refractivity contribution is 5.82. The summed E-state index contributed by atoms with van der Waals surface area (Å²) in [7, 11) is 0. The Morgan fingerprint density at radius 3 is 2.76 bits per heavy atom. The van der Waals surface area contributed by atoms with E-state index in [2.05, 4.69) is 20.8 Å². The van der Waals surface area contributed by atoms with Gasteiger partial charge in [-0.2, -0.15) is 4.98 Å². The van der Waals surface area contributed by atoms with Crippen LogP contribution in [0.1, 0.15) is 18.6 Å². The summed E-state index contributed by atoms with van der Waals surface area (Å²) in [5.74, 6) is -0.134. The largest absolute Gasteiger partial charge is 0.480 e. The van der Waals surface area contributed by atoms with Gasteiger partial charge in [0, 0.05) is 13.0 Å². The highest BCUT2D eigenvalue weighted by atomic mass is 16.5. The van der Waals surface area contributed by atoms with Crippen molar-refractivity contribution in [2.45, 2.75) is 26.3 Å². The SMILES string of the molecule is Cc1noc(CCNC(=O)NC(C)C(=O)O)n1. The third-order valence-electron chi connectivity index (χ3n) is 1.91. The fourth-order valence-corrected chi connectivity index (χ4v) is 1.03. The molecule has 0 spiro atoms. The van der Waals surface area contributed by atoms with Gasteiger partial charge < -0.3 is 20.3 Å². The molecule has 0 radical (unpaired) electrons. The van der Waals surface area contributed by atoms with Crippen LogP contribution in [-0.4, -0.2) is 39.8 Å². The average molecular weight is 242 g/mol. The van der Waals surface area contributed by atoms with Crippen LogP contribution in [0.2, 0.25) is 0 Å². The highest BCUT2D eigenvalue weighted by Crippen LogP contribution is 1.95. The Morgan fingerprint density at radius 2 is 2.24 bits per heavy atom. The summed E-state index contributed by atoms with van der Waals surface area (Å²) < 4.78 is 4.84. The second-order valence-electron chi connectivity index (χ2n) is 3.45. The summed E-state index contributed by atoms with van der Waals surface area (Å²) in [5.41, 5.74) is 0. The van der Waals surface area contributed by atoms with E-state index in [1.807, 2.05) is 0 Å². The first kappa shape index (κ1) is 12.9. The monoisotopic (exact) mass is 242 g/mol. The number of amides is 2. The summed E-state index contributed by atoms with van der Waals surface area (Å²) in [4.78, 5) is 25.6. The number of carbonyl (C=O) groups excluding carboxylic acids is 1. The van der Waals surface area contributed by atoms with Crippen molar-refractivity contribution >= 4 is 12.0 Å². The normalized spacial score (nSPS) is 11.9. The Kier molecular flexibility index (Phi) is 4.44. The molecule has 0 aromatic carbocycles. The van der Waals surface area contributed by atoms with E-state index in [1.54, 1.807) is 6.92 Å². The Bertz CT molecular complexity index is 403. The van der Waals surface area contributed by atoms with Gasteiger partial charge in [0.15, 0.2) is 5.82 Å². The van der Waals surface area contributed by atoms with Crippen LogP contribution in [0.25, 0.3) is 0 Å². The topological polar surface area (TPSA) is 117 Å². The van der Waals surface area contributed by atoms with E-state index in [0.717, 1.165) is 0 Å². The number of hydrogen-bond acceptors (Lipinski definition) is 5. The maximum Gasteiger partial charge on any atom is 0.325 e. The zero-order chi connectivity index (χ0) is 12.8. The number of hydrogen-bond donors (Lipinski definition) is 3. The van der Waals surface area contributed by atoms with Crippen molar-refractivity contribution < 1.29 is 19.2 Å². The summed E-state index contributed by atoms with van der Waals surface area (Å²) in [5, 5.41) is 16.9. The molecule has 2 amide bonds. The molecule has 1 unspecified atom stereocenters. The zero-order valence-corrected chi connectivity index (χ0v) is 9.56. The second-order valence-corrected chi connectivity index (χ2v) is 3.45. The maximum atomic E-state index is 11.2. The molecule has 8 heteroatoms. The van der Waals surface area contributed by atoms with Crippen molar-refractivity contribution in [2.24, 2.45) is 0 Å². The van der Waals surface area contributed by atoms with Gasteiger partial charge in [-0.1, -0.05) is 5.16 Å². The number of carboxylic acid groups (broad SMARTS) is 1. The molecule has 8 nitrogen and oxygen atoms in total. The molecule has 0 aliphatic rings. The molecule has 1 aromatic heterocycles. The molecule has 0 saturated heterocycles. The van der Waals surface area contributed by atoms with Crippen LogP contribution in [0, 0.1) is 6.92 Å². The third-order valence-corrected chi connectivity index (χ3v) is 1.91. The van der Waals surface area contributed by atoms with E-state index in [0.29, 0.717) is 24.7 Å². The van der Waals surface area contributed by atoms with E-state index in [4.69, 9.17) is 9.63 Å². The summed E-state index contributed by atoms with van der Waals surface area (Å²) >= 11 is 0. The lowest BCUT2D eigenvalue weighted by molar-refractivity contribution is -0.138. The summed E-state index contributed by atoms with van der Waals surface area (Å²) in [6, 6.07) is -1.48. The number of aliphatic carboxylic acids is 1. The zero-order valence-electron chi connectivity index (χ0n) is 9.56. The van der Waals surface area contributed by atoms with Crippen LogP contribution in [-0.2, 0) is 11.2 Å². The van der Waals surface area contributed by atoms with Gasteiger partial charge in [-0.15, -0.1) is 0 Å². The molecule has 0 fully saturated rings. The molecule has 0 saturated carbocycles. The number of carboxylic acids is 1. The molecule has 17 heavy (non-hydrogen) atoms. The molecule has 1 rings (SSSR count). The lowest BCUT2D eigenvalue weighted by Crippen LogP contribution is -2.44. The average Bonchev–Trinajstić information content (AvgIpc) is 2.64. The van der Waals surface area contributed by atoms with Crippen LogP contribution in [0.3, 0.4) is 0 Å². The molecule has 1 heterocycles. The predicted molar refractivity (Wildman–Crippen MR) is 56.4 cm³/mol. The van der Waals surface area contributed by atoms with Crippen molar-refractivity contribution in [3.63, 3.8) is 0 Å². The molecule has 1 aromatic rings. The number of carbonyl (C=O) groups is 2. The van der Waals surface area contributed by atoms with Gasteiger partial charge in [0.25, 0.3) is 0 Å². The van der Waals surface area contributed by atoms with Gasteiger partial charge in [-0.3, -0.25) is 4.79 Å². The Morgan fingerprint density at radius 1 is 1.53 bits per heavy atom. The smallest absolute Gasteiger partial charge is 0.325 e. The van der Waals surface area contributed by atoms with E-state index < -0.39 is 18.0 Å². The fourth-order valence-electron chi connectivity index (χ4n) is 1.03. The number of nitrogens with zero attached hydrogens (tertiary/aromatic N) is 2. The molecule has 0 aliphatic heterocycles. The summed E-state index contributed by atoms with van der Waals surface area (Å²) in [6.07, 6.45) is 0.399. The molecular weight excluding hydrogens is 228 g/mol. The predicted octanol–water partition coefficient (Wildman–Crippen LogP) is -0.307. The van der Waals surface area contributed by atoms with Crippen molar-refractivity contribution in [2.75, 3.05) is 6.54 Å². The van der Waals surface area contributed by atoms with Crippen LogP contribution >= 0.6 is 0 Å². The third kappa shape index (κ3) is 4.49. The van der Waals surface area contributed by atoms with Crippen LogP contribution < -0.4 is 10.6 Å². The molecule has 1 atom stereocenters. The Labute approximate surface area is 97.4 Å². The van der Waals surface area contributed by atoms with Gasteiger partial charge in [-0.25, -0.2) is 4.79 Å². The van der Waals surface area contributed by atoms with Gasteiger partial charge in [-0.05, 0) is 13.8 Å². The first-order valence-electron chi connectivity index (χ1n) is 5.05. The number of urea groups is 1. The number of aryl methyl sites for hydroxylation is 1. The van der Waals surface area contributed by atoms with Gasteiger partial charge >= 0.3 is 12.0 Å². The highest BCUT2D eigenvalue weighted by Gasteiger charge is 2.13. The minimum atomic E-state index is -1.09. The van der Waals surface area contributed by atoms with Gasteiger partial charge in [0.1, 0.15) is 6.04 Å². The lowest BCUT2D eigenvalue weighted by Gasteiger charge is -2.09. The van der Waals surface area contributed by atoms with E-state index >= 15 is 0 Å². The quantitative estimate of drug-likeness (QED) is 0.652. The lowest BCUT2D eigenvalue weighted by atomic mass is 10.3. The number of nitrogens with one attached hydrogen (secondary N) is 2. The Hall–Kier alpha value is -2.12. The molecular formula is C9H14N4O4. The second kappa shape index (κ2) is 5.83. The number of aromatic nitrogens is 2. The van der Waals surface area contributed by atoms with E-state index in [9.17, 15) is 9.59 Å². The van der Waals surface area contributed by atoms with Gasteiger partial charge in [0.05, 0.1) is 0 Å². The first-order valence-corrected chi connectivity index (χ1v) is 5.05. The number of rotatable bonds is 5. The van der Waals surface area contributed by atoms with Crippen molar-refractivity contribution in [3.05, 3.63) is 11.7 Å². The van der Waals surface area contributed by atoms with E-state index in [1.165, 1.54) is 6.92 Å². The van der Waals surface area contributed by atoms with Crippen molar-refractivity contribution in [3.8, 4) is 0 Å². The molecule has 0 aliphatic carbocycles. The maximum absolute atomic E-state index is 11.2. The van der Waals surface area contributed by atoms with Crippen LogP contribution in [0.15, 0.2) is 4.52 Å².